The van der Waals surface area contributed by atoms with E-state index in [0.29, 0.717) is 0 Å². The molecule has 0 aromatic rings. The first-order valence-corrected chi connectivity index (χ1v) is 4.14. The average Bonchev–Trinajstić information content (AvgIpc) is 2.08. The van der Waals surface area contributed by atoms with Crippen LogP contribution in [0.2, 0.25) is 0 Å². The van der Waals surface area contributed by atoms with Crippen molar-refractivity contribution in [1.29, 1.82) is 0 Å². The van der Waals surface area contributed by atoms with E-state index in [0.717, 1.165) is 0 Å². The van der Waals surface area contributed by atoms with Crippen molar-refractivity contribution < 1.29 is 14.7 Å². The first kappa shape index (κ1) is 9.34. The second-order valence-electron chi connectivity index (χ2n) is 2.49. The van der Waals surface area contributed by atoms with Crippen molar-refractivity contribution in [3.05, 3.63) is 0 Å². The van der Waals surface area contributed by atoms with Gasteiger partial charge in [0.1, 0.15) is 12.1 Å². The third-order valence-corrected chi connectivity index (χ3v) is 2.00. The van der Waals surface area contributed by atoms with Gasteiger partial charge in [-0.2, -0.15) is 12.6 Å². The topological polar surface area (TPSA) is 78.4 Å². The van der Waals surface area contributed by atoms with E-state index in [1.54, 1.807) is 0 Å². The van der Waals surface area contributed by atoms with Crippen LogP contribution >= 0.6 is 12.6 Å². The highest BCUT2D eigenvalue weighted by Gasteiger charge is 2.31. The summed E-state index contributed by atoms with van der Waals surface area (Å²) < 4.78 is 0. The van der Waals surface area contributed by atoms with Crippen LogP contribution in [0.3, 0.4) is 0 Å². The maximum Gasteiger partial charge on any atom is 0.245 e. The molecule has 1 heterocycles. The molecule has 1 fully saturated rings. The molecule has 0 unspecified atom stereocenters. The average molecular weight is 190 g/mol. The largest absolute Gasteiger partial charge is 0.394 e. The molecule has 2 atom stereocenters. The van der Waals surface area contributed by atoms with Gasteiger partial charge in [0, 0.05) is 5.75 Å². The number of aliphatic hydroxyl groups excluding tert-OH is 1. The fraction of sp³-hybridized carbons (Fsp3) is 0.667. The van der Waals surface area contributed by atoms with Gasteiger partial charge in [-0.05, 0) is 0 Å². The van der Waals surface area contributed by atoms with E-state index in [9.17, 15) is 9.59 Å². The Morgan fingerprint density at radius 3 is 2.25 bits per heavy atom. The highest BCUT2D eigenvalue weighted by molar-refractivity contribution is 7.80. The van der Waals surface area contributed by atoms with E-state index < -0.39 is 12.1 Å². The summed E-state index contributed by atoms with van der Waals surface area (Å²) in [4.78, 5) is 22.1. The van der Waals surface area contributed by atoms with Crippen LogP contribution in [0.1, 0.15) is 0 Å². The fourth-order valence-corrected chi connectivity index (χ4v) is 1.19. The van der Waals surface area contributed by atoms with E-state index in [-0.39, 0.29) is 24.2 Å². The minimum atomic E-state index is -0.811. The minimum Gasteiger partial charge on any atom is -0.394 e. The van der Waals surface area contributed by atoms with Crippen molar-refractivity contribution in [2.24, 2.45) is 0 Å². The molecule has 1 aliphatic heterocycles. The number of piperazine rings is 1. The Labute approximate surface area is 74.9 Å². The summed E-state index contributed by atoms with van der Waals surface area (Å²) in [5.74, 6) is -0.407. The summed E-state index contributed by atoms with van der Waals surface area (Å²) in [5.41, 5.74) is 0. The second kappa shape index (κ2) is 3.77. The Bertz CT molecular complexity index is 187. The summed E-state index contributed by atoms with van der Waals surface area (Å²) in [5, 5.41) is 13.4. The van der Waals surface area contributed by atoms with E-state index in [2.05, 4.69) is 23.3 Å². The SMILES string of the molecule is O=C1N[C@@H](CS)C(=O)N[C@H]1CO. The summed E-state index contributed by atoms with van der Waals surface area (Å²) >= 11 is 3.88. The van der Waals surface area contributed by atoms with Gasteiger partial charge in [-0.25, -0.2) is 0 Å². The number of hydrogen-bond acceptors (Lipinski definition) is 4. The number of amides is 2. The van der Waals surface area contributed by atoms with Crippen molar-refractivity contribution in [2.75, 3.05) is 12.4 Å². The zero-order valence-electron chi connectivity index (χ0n) is 6.28. The highest BCUT2D eigenvalue weighted by Crippen LogP contribution is 1.98. The molecular formula is C6H10N2O3S. The minimum absolute atomic E-state index is 0.260. The van der Waals surface area contributed by atoms with Gasteiger partial charge < -0.3 is 15.7 Å². The molecule has 0 aliphatic carbocycles. The van der Waals surface area contributed by atoms with Crippen LogP contribution in [0, 0.1) is 0 Å². The standard InChI is InChI=1S/C6H10N2O3S/c9-1-3-5(10)8-4(2-12)6(11)7-3/h3-4,9,12H,1-2H2,(H,7,11)(H,8,10)/t3-,4-/m0/s1. The molecular weight excluding hydrogens is 180 g/mol. The molecule has 0 radical (unpaired) electrons. The second-order valence-corrected chi connectivity index (χ2v) is 2.85. The number of carbonyl (C=O) groups is 2. The lowest BCUT2D eigenvalue weighted by Gasteiger charge is -2.27. The van der Waals surface area contributed by atoms with Crippen LogP contribution in [-0.4, -0.2) is 41.4 Å². The molecule has 12 heavy (non-hydrogen) atoms. The van der Waals surface area contributed by atoms with Crippen LogP contribution in [-0.2, 0) is 9.59 Å². The summed E-state index contributed by atoms with van der Waals surface area (Å²) in [7, 11) is 0. The van der Waals surface area contributed by atoms with Crippen molar-refractivity contribution in [1.82, 2.24) is 10.6 Å². The predicted molar refractivity (Wildman–Crippen MR) is 44.8 cm³/mol. The molecule has 2 amide bonds. The summed E-state index contributed by atoms with van der Waals surface area (Å²) in [6.07, 6.45) is 0. The molecule has 1 rings (SSSR count). The van der Waals surface area contributed by atoms with Crippen molar-refractivity contribution in [2.45, 2.75) is 12.1 Å². The number of hydrogen-bond donors (Lipinski definition) is 4. The van der Waals surface area contributed by atoms with Crippen LogP contribution in [0.15, 0.2) is 0 Å². The van der Waals surface area contributed by atoms with Gasteiger partial charge in [-0.1, -0.05) is 0 Å². The van der Waals surface area contributed by atoms with Gasteiger partial charge in [0.15, 0.2) is 0 Å². The summed E-state index contributed by atoms with van der Waals surface area (Å²) in [6, 6.07) is -1.39. The molecule has 0 bridgehead atoms. The molecule has 5 nitrogen and oxygen atoms in total. The van der Waals surface area contributed by atoms with E-state index in [4.69, 9.17) is 5.11 Å². The molecule has 3 N–H and O–H groups in total. The van der Waals surface area contributed by atoms with Crippen molar-refractivity contribution >= 4 is 24.4 Å². The van der Waals surface area contributed by atoms with Gasteiger partial charge in [0.05, 0.1) is 6.61 Å². The quantitative estimate of drug-likeness (QED) is 0.376. The first-order valence-electron chi connectivity index (χ1n) is 3.51. The lowest BCUT2D eigenvalue weighted by Crippen LogP contribution is -2.63. The zero-order valence-corrected chi connectivity index (χ0v) is 7.17. The maximum atomic E-state index is 11.1. The fourth-order valence-electron chi connectivity index (χ4n) is 0.933. The Balaban J connectivity index is 2.61. The number of thiol groups is 1. The Morgan fingerprint density at radius 1 is 1.25 bits per heavy atom. The molecule has 1 aliphatic rings. The Hall–Kier alpha value is -0.750. The molecule has 1 saturated heterocycles. The third kappa shape index (κ3) is 1.70. The smallest absolute Gasteiger partial charge is 0.245 e. The third-order valence-electron chi connectivity index (χ3n) is 1.63. The van der Waals surface area contributed by atoms with Gasteiger partial charge in [0.2, 0.25) is 11.8 Å². The highest BCUT2D eigenvalue weighted by atomic mass is 32.1. The maximum absolute atomic E-state index is 11.1. The van der Waals surface area contributed by atoms with E-state index >= 15 is 0 Å². The number of nitrogens with one attached hydrogen (secondary N) is 2. The normalized spacial score (nSPS) is 29.5. The number of aliphatic hydroxyl groups is 1. The van der Waals surface area contributed by atoms with E-state index in [1.165, 1.54) is 0 Å². The molecule has 0 saturated carbocycles. The molecule has 68 valence electrons. The van der Waals surface area contributed by atoms with Crippen LogP contribution in [0.4, 0.5) is 0 Å². The monoisotopic (exact) mass is 190 g/mol. The van der Waals surface area contributed by atoms with Gasteiger partial charge in [-0.15, -0.1) is 0 Å². The Kier molecular flexibility index (Phi) is 2.93. The van der Waals surface area contributed by atoms with Crippen molar-refractivity contribution in [3.63, 3.8) is 0 Å². The summed E-state index contributed by atoms with van der Waals surface area (Å²) in [6.45, 7) is -0.378. The van der Waals surface area contributed by atoms with Crippen LogP contribution in [0.25, 0.3) is 0 Å². The number of rotatable bonds is 2. The Morgan fingerprint density at radius 2 is 1.75 bits per heavy atom. The molecule has 0 aromatic heterocycles. The lowest BCUT2D eigenvalue weighted by atomic mass is 10.1. The van der Waals surface area contributed by atoms with Gasteiger partial charge in [0.25, 0.3) is 0 Å². The molecule has 0 spiro atoms. The van der Waals surface area contributed by atoms with Crippen LogP contribution < -0.4 is 10.6 Å². The van der Waals surface area contributed by atoms with Gasteiger partial charge >= 0.3 is 0 Å². The lowest BCUT2D eigenvalue weighted by molar-refractivity contribution is -0.137. The first-order chi connectivity index (χ1) is 5.69. The van der Waals surface area contributed by atoms with Gasteiger partial charge in [-0.3, -0.25) is 9.59 Å². The van der Waals surface area contributed by atoms with Crippen molar-refractivity contribution in [3.8, 4) is 0 Å². The predicted octanol–water partition coefficient (Wildman–Crippen LogP) is -2.11. The molecule has 0 aromatic carbocycles. The molecule has 6 heteroatoms. The zero-order chi connectivity index (χ0) is 9.14. The van der Waals surface area contributed by atoms with E-state index in [1.807, 2.05) is 0 Å². The van der Waals surface area contributed by atoms with Crippen LogP contribution in [0.5, 0.6) is 0 Å². The number of carbonyl (C=O) groups excluding carboxylic acids is 2.